The first-order valence-corrected chi connectivity index (χ1v) is 8.45. The summed E-state index contributed by atoms with van der Waals surface area (Å²) in [5.74, 6) is 1.49. The molecule has 2 saturated heterocycles. The monoisotopic (exact) mass is 296 g/mol. The predicted octanol–water partition coefficient (Wildman–Crippen LogP) is 0.982. The van der Waals surface area contributed by atoms with Crippen molar-refractivity contribution in [3.63, 3.8) is 0 Å². The Hall–Kier alpha value is -0.650. The molecule has 3 fully saturated rings. The van der Waals surface area contributed by atoms with E-state index >= 15 is 0 Å². The van der Waals surface area contributed by atoms with E-state index in [0.717, 1.165) is 58.3 Å². The highest BCUT2D eigenvalue weighted by molar-refractivity contribution is 5.77. The number of carbonyl (C=O) groups excluding carboxylic acids is 1. The zero-order valence-corrected chi connectivity index (χ0v) is 13.1. The van der Waals surface area contributed by atoms with Gasteiger partial charge in [0.15, 0.2) is 0 Å². The molecule has 3 rings (SSSR count). The molecular formula is C16H28N2O3. The van der Waals surface area contributed by atoms with Crippen molar-refractivity contribution >= 4 is 5.91 Å². The summed E-state index contributed by atoms with van der Waals surface area (Å²) in [6, 6.07) is 0.506. The minimum absolute atomic E-state index is 0.171. The van der Waals surface area contributed by atoms with Gasteiger partial charge in [-0.3, -0.25) is 9.69 Å². The van der Waals surface area contributed by atoms with Crippen LogP contribution in [0, 0.1) is 11.8 Å². The largest absolute Gasteiger partial charge is 0.379 e. The highest BCUT2D eigenvalue weighted by atomic mass is 16.5. The van der Waals surface area contributed by atoms with Gasteiger partial charge >= 0.3 is 0 Å². The van der Waals surface area contributed by atoms with Crippen molar-refractivity contribution in [2.45, 2.75) is 32.2 Å². The molecule has 0 aromatic heterocycles. The summed E-state index contributed by atoms with van der Waals surface area (Å²) in [5.41, 5.74) is 0. The first-order valence-electron chi connectivity index (χ1n) is 8.45. The van der Waals surface area contributed by atoms with Crippen LogP contribution in [-0.2, 0) is 14.3 Å². The number of morpholine rings is 1. The van der Waals surface area contributed by atoms with Gasteiger partial charge in [-0.25, -0.2) is 0 Å². The van der Waals surface area contributed by atoms with E-state index in [1.54, 1.807) is 0 Å². The molecule has 1 saturated carbocycles. The van der Waals surface area contributed by atoms with Gasteiger partial charge in [0, 0.05) is 32.2 Å². The second kappa shape index (κ2) is 7.07. The van der Waals surface area contributed by atoms with Gasteiger partial charge in [0.1, 0.15) is 6.61 Å². The third-order valence-corrected chi connectivity index (χ3v) is 5.07. The molecule has 0 N–H and O–H groups in total. The lowest BCUT2D eigenvalue weighted by Crippen LogP contribution is -2.47. The minimum Gasteiger partial charge on any atom is -0.379 e. The molecule has 5 heteroatoms. The third kappa shape index (κ3) is 3.96. The average Bonchev–Trinajstić information content (AvgIpc) is 3.24. The molecule has 0 bridgehead atoms. The van der Waals surface area contributed by atoms with Crippen molar-refractivity contribution in [2.75, 3.05) is 52.6 Å². The molecule has 0 radical (unpaired) electrons. The molecule has 1 aliphatic carbocycles. The standard InChI is InChI=1S/C16H28N2O3/c1-2-14-9-18(16(19)12-21-11-13-3-4-13)10-15(14)17-5-7-20-8-6-17/h13-15H,2-12H2,1H3/t14-,15+/m1/s1. The third-order valence-electron chi connectivity index (χ3n) is 5.07. The molecule has 0 aromatic rings. The smallest absolute Gasteiger partial charge is 0.248 e. The number of amides is 1. The normalized spacial score (nSPS) is 30.8. The fourth-order valence-corrected chi connectivity index (χ4v) is 3.47. The van der Waals surface area contributed by atoms with Crippen molar-refractivity contribution < 1.29 is 14.3 Å². The van der Waals surface area contributed by atoms with E-state index in [1.165, 1.54) is 12.8 Å². The van der Waals surface area contributed by atoms with Crippen molar-refractivity contribution in [3.8, 4) is 0 Å². The maximum atomic E-state index is 12.3. The number of hydrogen-bond donors (Lipinski definition) is 0. The van der Waals surface area contributed by atoms with Gasteiger partial charge in [-0.05, 0) is 24.7 Å². The van der Waals surface area contributed by atoms with E-state index in [9.17, 15) is 4.79 Å². The summed E-state index contributed by atoms with van der Waals surface area (Å²) >= 11 is 0. The number of rotatable bonds is 6. The summed E-state index contributed by atoms with van der Waals surface area (Å²) < 4.78 is 11.0. The Balaban J connectivity index is 1.48. The number of likely N-dealkylation sites (tertiary alicyclic amines) is 1. The highest BCUT2D eigenvalue weighted by Gasteiger charge is 2.38. The van der Waals surface area contributed by atoms with Crippen LogP contribution in [0.25, 0.3) is 0 Å². The summed E-state index contributed by atoms with van der Waals surface area (Å²) in [5, 5.41) is 0. The first kappa shape index (κ1) is 15.3. The van der Waals surface area contributed by atoms with Crippen LogP contribution in [0.2, 0.25) is 0 Å². The highest BCUT2D eigenvalue weighted by Crippen LogP contribution is 2.29. The lowest BCUT2D eigenvalue weighted by molar-refractivity contribution is -0.135. The molecule has 120 valence electrons. The van der Waals surface area contributed by atoms with Crippen LogP contribution in [-0.4, -0.2) is 74.4 Å². The summed E-state index contributed by atoms with van der Waals surface area (Å²) in [4.78, 5) is 16.8. The fourth-order valence-electron chi connectivity index (χ4n) is 3.47. The second-order valence-electron chi connectivity index (χ2n) is 6.64. The molecule has 3 aliphatic rings. The van der Waals surface area contributed by atoms with E-state index in [4.69, 9.17) is 9.47 Å². The molecule has 2 atom stereocenters. The Morgan fingerprint density at radius 2 is 2.00 bits per heavy atom. The van der Waals surface area contributed by atoms with E-state index in [0.29, 0.717) is 12.0 Å². The van der Waals surface area contributed by atoms with Crippen molar-refractivity contribution in [1.29, 1.82) is 0 Å². The van der Waals surface area contributed by atoms with Gasteiger partial charge in [0.25, 0.3) is 0 Å². The van der Waals surface area contributed by atoms with Gasteiger partial charge in [0.05, 0.1) is 19.8 Å². The molecule has 0 spiro atoms. The van der Waals surface area contributed by atoms with Crippen LogP contribution < -0.4 is 0 Å². The van der Waals surface area contributed by atoms with Crippen molar-refractivity contribution in [3.05, 3.63) is 0 Å². The topological polar surface area (TPSA) is 42.0 Å². The summed E-state index contributed by atoms with van der Waals surface area (Å²) in [6.45, 7) is 8.68. The maximum absolute atomic E-state index is 12.3. The van der Waals surface area contributed by atoms with Crippen LogP contribution in [0.4, 0.5) is 0 Å². The van der Waals surface area contributed by atoms with Crippen LogP contribution in [0.1, 0.15) is 26.2 Å². The molecular weight excluding hydrogens is 268 g/mol. The fraction of sp³-hybridized carbons (Fsp3) is 0.938. The lowest BCUT2D eigenvalue weighted by atomic mass is 9.99. The van der Waals surface area contributed by atoms with E-state index in [-0.39, 0.29) is 12.5 Å². The lowest BCUT2D eigenvalue weighted by Gasteiger charge is -2.34. The Bertz CT molecular complexity index is 353. The average molecular weight is 296 g/mol. The van der Waals surface area contributed by atoms with Crippen LogP contribution >= 0.6 is 0 Å². The Labute approximate surface area is 127 Å². The van der Waals surface area contributed by atoms with Gasteiger partial charge in [-0.1, -0.05) is 13.3 Å². The molecule has 5 nitrogen and oxygen atoms in total. The zero-order chi connectivity index (χ0) is 14.7. The van der Waals surface area contributed by atoms with E-state index in [2.05, 4.69) is 11.8 Å². The van der Waals surface area contributed by atoms with Gasteiger partial charge < -0.3 is 14.4 Å². The number of ether oxygens (including phenoxy) is 2. The first-order chi connectivity index (χ1) is 10.3. The molecule has 1 amide bonds. The second-order valence-corrected chi connectivity index (χ2v) is 6.64. The molecule has 21 heavy (non-hydrogen) atoms. The van der Waals surface area contributed by atoms with Gasteiger partial charge in [-0.15, -0.1) is 0 Å². The maximum Gasteiger partial charge on any atom is 0.248 e. The zero-order valence-electron chi connectivity index (χ0n) is 13.1. The SMILES string of the molecule is CC[C@@H]1CN(C(=O)COCC2CC2)C[C@@H]1N1CCOCC1. The number of nitrogens with zero attached hydrogens (tertiary/aromatic N) is 2. The van der Waals surface area contributed by atoms with Crippen molar-refractivity contribution in [1.82, 2.24) is 9.80 Å². The Kier molecular flexibility index (Phi) is 5.14. The Morgan fingerprint density at radius 3 is 2.67 bits per heavy atom. The van der Waals surface area contributed by atoms with Gasteiger partial charge in [-0.2, -0.15) is 0 Å². The molecule has 0 aromatic carbocycles. The number of hydrogen-bond acceptors (Lipinski definition) is 4. The molecule has 0 unspecified atom stereocenters. The van der Waals surface area contributed by atoms with Gasteiger partial charge in [0.2, 0.25) is 5.91 Å². The van der Waals surface area contributed by atoms with E-state index in [1.807, 2.05) is 4.90 Å². The molecule has 2 heterocycles. The van der Waals surface area contributed by atoms with Crippen LogP contribution in [0.3, 0.4) is 0 Å². The summed E-state index contributed by atoms with van der Waals surface area (Å²) in [7, 11) is 0. The minimum atomic E-state index is 0.171. The summed E-state index contributed by atoms with van der Waals surface area (Å²) in [6.07, 6.45) is 3.68. The van der Waals surface area contributed by atoms with Crippen molar-refractivity contribution in [2.24, 2.45) is 11.8 Å². The van der Waals surface area contributed by atoms with E-state index < -0.39 is 0 Å². The van der Waals surface area contributed by atoms with Crippen LogP contribution in [0.15, 0.2) is 0 Å². The Morgan fingerprint density at radius 1 is 1.24 bits per heavy atom. The predicted molar refractivity (Wildman–Crippen MR) is 80.1 cm³/mol. The number of carbonyl (C=O) groups is 1. The van der Waals surface area contributed by atoms with Crippen LogP contribution in [0.5, 0.6) is 0 Å². The quantitative estimate of drug-likeness (QED) is 0.733. The molecule has 2 aliphatic heterocycles.